The summed E-state index contributed by atoms with van der Waals surface area (Å²) in [5.41, 5.74) is -0.173. The van der Waals surface area contributed by atoms with Gasteiger partial charge < -0.3 is 10.1 Å². The van der Waals surface area contributed by atoms with Gasteiger partial charge in [-0.15, -0.1) is 0 Å². The number of methoxy groups -OCH3 is 1. The van der Waals surface area contributed by atoms with Crippen molar-refractivity contribution in [3.63, 3.8) is 0 Å². The standard InChI is InChI=1S/C10H9ClFNO3/c1-16-9(14)5-13-10(15)7-3-2-6(11)4-8(7)12/h2-4H,5H2,1H3,(H,13,15). The third-order valence-electron chi connectivity index (χ3n) is 1.80. The smallest absolute Gasteiger partial charge is 0.325 e. The fourth-order valence-corrected chi connectivity index (χ4v) is 1.15. The average Bonchev–Trinajstić information content (AvgIpc) is 2.25. The summed E-state index contributed by atoms with van der Waals surface area (Å²) in [5, 5.41) is 2.41. The van der Waals surface area contributed by atoms with Crippen LogP contribution in [0.25, 0.3) is 0 Å². The summed E-state index contributed by atoms with van der Waals surface area (Å²) in [5.74, 6) is -2.04. The van der Waals surface area contributed by atoms with Crippen LogP contribution in [0.1, 0.15) is 10.4 Å². The number of nitrogens with one attached hydrogen (secondary N) is 1. The maximum atomic E-state index is 13.2. The van der Waals surface area contributed by atoms with Crippen molar-refractivity contribution in [2.24, 2.45) is 0 Å². The number of esters is 1. The van der Waals surface area contributed by atoms with Gasteiger partial charge in [-0.3, -0.25) is 9.59 Å². The molecule has 6 heteroatoms. The van der Waals surface area contributed by atoms with Gasteiger partial charge in [0.05, 0.1) is 12.7 Å². The van der Waals surface area contributed by atoms with Gasteiger partial charge >= 0.3 is 5.97 Å². The zero-order chi connectivity index (χ0) is 12.1. The maximum Gasteiger partial charge on any atom is 0.325 e. The number of amides is 1. The Hall–Kier alpha value is -1.62. The molecule has 0 fully saturated rings. The Morgan fingerprint density at radius 1 is 1.50 bits per heavy atom. The van der Waals surface area contributed by atoms with E-state index in [1.807, 2.05) is 0 Å². The minimum atomic E-state index is -0.741. The summed E-state index contributed by atoms with van der Waals surface area (Å²) in [7, 11) is 1.19. The summed E-state index contributed by atoms with van der Waals surface area (Å²) < 4.78 is 17.6. The summed E-state index contributed by atoms with van der Waals surface area (Å²) >= 11 is 5.53. The molecule has 86 valence electrons. The molecule has 0 aromatic heterocycles. The lowest BCUT2D eigenvalue weighted by Crippen LogP contribution is -2.30. The van der Waals surface area contributed by atoms with Crippen LogP contribution >= 0.6 is 11.6 Å². The molecule has 0 atom stereocenters. The Morgan fingerprint density at radius 2 is 2.19 bits per heavy atom. The molecule has 16 heavy (non-hydrogen) atoms. The molecule has 1 rings (SSSR count). The summed E-state index contributed by atoms with van der Waals surface area (Å²) in [6.07, 6.45) is 0. The van der Waals surface area contributed by atoms with Gasteiger partial charge in [-0.05, 0) is 18.2 Å². The second-order valence-corrected chi connectivity index (χ2v) is 3.32. The van der Waals surface area contributed by atoms with Crippen molar-refractivity contribution >= 4 is 23.5 Å². The van der Waals surface area contributed by atoms with Gasteiger partial charge in [-0.1, -0.05) is 11.6 Å². The zero-order valence-electron chi connectivity index (χ0n) is 8.42. The Bertz CT molecular complexity index is 423. The highest BCUT2D eigenvalue weighted by Crippen LogP contribution is 2.14. The van der Waals surface area contributed by atoms with E-state index in [1.54, 1.807) is 0 Å². The molecule has 0 bridgehead atoms. The van der Waals surface area contributed by atoms with Crippen molar-refractivity contribution in [2.75, 3.05) is 13.7 Å². The van der Waals surface area contributed by atoms with E-state index in [1.165, 1.54) is 19.2 Å². The van der Waals surface area contributed by atoms with E-state index in [0.717, 1.165) is 6.07 Å². The van der Waals surface area contributed by atoms with Crippen LogP contribution < -0.4 is 5.32 Å². The number of rotatable bonds is 3. The Kier molecular flexibility index (Phi) is 4.25. The molecule has 0 heterocycles. The second kappa shape index (κ2) is 5.46. The van der Waals surface area contributed by atoms with Gasteiger partial charge in [0.1, 0.15) is 12.4 Å². The monoisotopic (exact) mass is 245 g/mol. The summed E-state index contributed by atoms with van der Waals surface area (Å²) in [6, 6.07) is 3.65. The molecule has 1 aromatic carbocycles. The number of ether oxygens (including phenoxy) is 1. The molecular weight excluding hydrogens is 237 g/mol. The molecule has 0 aliphatic carbocycles. The van der Waals surface area contributed by atoms with Crippen molar-refractivity contribution in [1.82, 2.24) is 5.32 Å². The number of hydrogen-bond acceptors (Lipinski definition) is 3. The molecule has 4 nitrogen and oxygen atoms in total. The first kappa shape index (κ1) is 12.4. The highest BCUT2D eigenvalue weighted by atomic mass is 35.5. The van der Waals surface area contributed by atoms with E-state index in [9.17, 15) is 14.0 Å². The highest BCUT2D eigenvalue weighted by Gasteiger charge is 2.12. The number of halogens is 2. The maximum absolute atomic E-state index is 13.2. The molecular formula is C10H9ClFNO3. The third kappa shape index (κ3) is 3.20. The van der Waals surface area contributed by atoms with Crippen LogP contribution in [0.5, 0.6) is 0 Å². The van der Waals surface area contributed by atoms with Crippen molar-refractivity contribution in [3.8, 4) is 0 Å². The Labute approximate surface area is 96.3 Å². The lowest BCUT2D eigenvalue weighted by Gasteiger charge is -2.04. The van der Waals surface area contributed by atoms with Gasteiger partial charge in [0, 0.05) is 5.02 Å². The molecule has 0 aliphatic heterocycles. The van der Waals surface area contributed by atoms with E-state index in [4.69, 9.17) is 11.6 Å². The SMILES string of the molecule is COC(=O)CNC(=O)c1ccc(Cl)cc1F. The van der Waals surface area contributed by atoms with Crippen molar-refractivity contribution in [2.45, 2.75) is 0 Å². The van der Waals surface area contributed by atoms with Crippen LogP contribution in [0.2, 0.25) is 5.02 Å². The van der Waals surface area contributed by atoms with Crippen LogP contribution in [0.3, 0.4) is 0 Å². The van der Waals surface area contributed by atoms with Crippen LogP contribution in [-0.4, -0.2) is 25.5 Å². The van der Waals surface area contributed by atoms with Gasteiger partial charge in [-0.25, -0.2) is 4.39 Å². The van der Waals surface area contributed by atoms with E-state index in [-0.39, 0.29) is 17.1 Å². The zero-order valence-corrected chi connectivity index (χ0v) is 9.18. The fourth-order valence-electron chi connectivity index (χ4n) is 0.993. The molecule has 0 unspecified atom stereocenters. The molecule has 1 amide bonds. The predicted octanol–water partition coefficient (Wildman–Crippen LogP) is 1.38. The summed E-state index contributed by atoms with van der Waals surface area (Å²) in [6.45, 7) is -0.308. The van der Waals surface area contributed by atoms with Gasteiger partial charge in [-0.2, -0.15) is 0 Å². The first-order valence-corrected chi connectivity index (χ1v) is 4.72. The van der Waals surface area contributed by atoms with Crippen molar-refractivity contribution in [1.29, 1.82) is 0 Å². The largest absolute Gasteiger partial charge is 0.468 e. The van der Waals surface area contributed by atoms with E-state index >= 15 is 0 Å². The number of carbonyl (C=O) groups is 2. The second-order valence-electron chi connectivity index (χ2n) is 2.88. The molecule has 0 saturated carbocycles. The minimum absolute atomic E-state index is 0.173. The van der Waals surface area contributed by atoms with Gasteiger partial charge in [0.25, 0.3) is 5.91 Å². The lowest BCUT2D eigenvalue weighted by molar-refractivity contribution is -0.139. The molecule has 0 radical (unpaired) electrons. The lowest BCUT2D eigenvalue weighted by atomic mass is 10.2. The van der Waals surface area contributed by atoms with E-state index in [0.29, 0.717) is 0 Å². The number of carbonyl (C=O) groups excluding carboxylic acids is 2. The van der Waals surface area contributed by atoms with Crippen molar-refractivity contribution in [3.05, 3.63) is 34.6 Å². The van der Waals surface area contributed by atoms with Crippen LogP contribution in [0, 0.1) is 5.82 Å². The highest BCUT2D eigenvalue weighted by molar-refractivity contribution is 6.30. The Balaban J connectivity index is 2.70. The third-order valence-corrected chi connectivity index (χ3v) is 2.03. The minimum Gasteiger partial charge on any atom is -0.468 e. The summed E-state index contributed by atoms with van der Waals surface area (Å²) in [4.78, 5) is 22.1. The molecule has 0 saturated heterocycles. The Morgan fingerprint density at radius 3 is 2.75 bits per heavy atom. The average molecular weight is 246 g/mol. The normalized spacial score (nSPS) is 9.69. The molecule has 1 aromatic rings. The number of hydrogen-bond donors (Lipinski definition) is 1. The number of benzene rings is 1. The van der Waals surface area contributed by atoms with Crippen LogP contribution in [-0.2, 0) is 9.53 Å². The molecule has 0 aliphatic rings. The first-order valence-electron chi connectivity index (χ1n) is 4.34. The first-order chi connectivity index (χ1) is 7.54. The quantitative estimate of drug-likeness (QED) is 0.819. The van der Waals surface area contributed by atoms with Gasteiger partial charge in [0.15, 0.2) is 0 Å². The predicted molar refractivity (Wildman–Crippen MR) is 55.8 cm³/mol. The molecule has 0 spiro atoms. The van der Waals surface area contributed by atoms with E-state index in [2.05, 4.69) is 10.1 Å². The van der Waals surface area contributed by atoms with Crippen LogP contribution in [0.15, 0.2) is 18.2 Å². The van der Waals surface area contributed by atoms with Crippen LogP contribution in [0.4, 0.5) is 4.39 Å². The molecule has 1 N–H and O–H groups in total. The topological polar surface area (TPSA) is 55.4 Å². The van der Waals surface area contributed by atoms with Crippen molar-refractivity contribution < 1.29 is 18.7 Å². The van der Waals surface area contributed by atoms with Gasteiger partial charge in [0.2, 0.25) is 0 Å². The van der Waals surface area contributed by atoms with E-state index < -0.39 is 17.7 Å². The fraction of sp³-hybridized carbons (Fsp3) is 0.200.